The second-order valence-electron chi connectivity index (χ2n) is 6.13. The van der Waals surface area contributed by atoms with Crippen molar-refractivity contribution < 1.29 is 4.79 Å². The minimum absolute atomic E-state index is 0.369. The highest BCUT2D eigenvalue weighted by molar-refractivity contribution is 7.78. The molecule has 138 valence electrons. The number of thiol groups is 1. The zero-order chi connectivity index (χ0) is 19.3. The predicted octanol–water partition coefficient (Wildman–Crippen LogP) is 4.57. The van der Waals surface area contributed by atoms with Crippen molar-refractivity contribution >= 4 is 35.8 Å². The van der Waals surface area contributed by atoms with Crippen molar-refractivity contribution in [1.29, 1.82) is 0 Å². The quantitative estimate of drug-likeness (QED) is 0.503. The summed E-state index contributed by atoms with van der Waals surface area (Å²) in [5.74, 6) is 0.393. The molecule has 4 rings (SSSR count). The van der Waals surface area contributed by atoms with E-state index < -0.39 is 0 Å². The molecule has 2 amide bonds. The van der Waals surface area contributed by atoms with Crippen LogP contribution >= 0.6 is 12.8 Å². The van der Waals surface area contributed by atoms with Gasteiger partial charge in [-0.25, -0.2) is 14.8 Å². The Hall–Kier alpha value is -3.45. The Kier molecular flexibility index (Phi) is 5.16. The average molecular weight is 387 g/mol. The number of benzene rings is 2. The third kappa shape index (κ3) is 4.10. The van der Waals surface area contributed by atoms with Crippen LogP contribution in [0.4, 0.5) is 10.6 Å². The van der Waals surface area contributed by atoms with Crippen LogP contribution in [0.3, 0.4) is 0 Å². The normalized spacial score (nSPS) is 10.6. The first kappa shape index (κ1) is 17.9. The molecule has 0 bridgehead atoms. The summed E-state index contributed by atoms with van der Waals surface area (Å²) in [5, 5.41) is 2.75. The van der Waals surface area contributed by atoms with Crippen molar-refractivity contribution in [1.82, 2.24) is 19.3 Å². The molecule has 2 aromatic carbocycles. The summed E-state index contributed by atoms with van der Waals surface area (Å²) in [6.45, 7) is 0.376. The molecule has 6 nitrogen and oxygen atoms in total. The van der Waals surface area contributed by atoms with E-state index in [0.717, 1.165) is 16.8 Å². The number of rotatable bonds is 4. The molecule has 2 heterocycles. The fourth-order valence-electron chi connectivity index (χ4n) is 2.72. The molecule has 2 aromatic heterocycles. The zero-order valence-electron chi connectivity index (χ0n) is 14.9. The van der Waals surface area contributed by atoms with Gasteiger partial charge in [-0.2, -0.15) is 0 Å². The highest BCUT2D eigenvalue weighted by atomic mass is 32.1. The van der Waals surface area contributed by atoms with Gasteiger partial charge in [0.2, 0.25) is 0 Å². The van der Waals surface area contributed by atoms with Crippen LogP contribution in [0.15, 0.2) is 79.0 Å². The topological polar surface area (TPSA) is 71.0 Å². The molecule has 0 aliphatic rings. The predicted molar refractivity (Wildman–Crippen MR) is 113 cm³/mol. The van der Waals surface area contributed by atoms with Crippen molar-refractivity contribution in [2.45, 2.75) is 6.54 Å². The maximum absolute atomic E-state index is 12.4. The zero-order valence-corrected chi connectivity index (χ0v) is 15.8. The molecule has 0 aliphatic heterocycles. The summed E-state index contributed by atoms with van der Waals surface area (Å²) in [6.07, 6.45) is 1.72. The van der Waals surface area contributed by atoms with Gasteiger partial charge in [0.25, 0.3) is 0 Å². The number of carbonyl (C=O) groups excluding carboxylic acids is 1. The smallest absolute Gasteiger partial charge is 0.291 e. The highest BCUT2D eigenvalue weighted by Gasteiger charge is 2.12. The molecule has 1 N–H and O–H groups in total. The monoisotopic (exact) mass is 387 g/mol. The molecular formula is C21H17N5OS. The van der Waals surface area contributed by atoms with Crippen molar-refractivity contribution in [2.75, 3.05) is 5.32 Å². The maximum atomic E-state index is 12.4. The maximum Gasteiger partial charge on any atom is 0.333 e. The number of urea groups is 1. The van der Waals surface area contributed by atoms with Crippen LogP contribution in [0.5, 0.6) is 0 Å². The summed E-state index contributed by atoms with van der Waals surface area (Å²) in [6, 6.07) is 22.5. The van der Waals surface area contributed by atoms with Gasteiger partial charge in [0, 0.05) is 5.56 Å². The van der Waals surface area contributed by atoms with Gasteiger partial charge in [-0.1, -0.05) is 73.5 Å². The van der Waals surface area contributed by atoms with Gasteiger partial charge in [0.05, 0.1) is 18.4 Å². The molecule has 0 saturated carbocycles. The van der Waals surface area contributed by atoms with Crippen LogP contribution in [0.25, 0.3) is 22.4 Å². The Morgan fingerprint density at radius 2 is 1.64 bits per heavy atom. The molecule has 0 spiro atoms. The number of hydrogen-bond acceptors (Lipinski definition) is 5. The van der Waals surface area contributed by atoms with E-state index in [1.54, 1.807) is 18.3 Å². The van der Waals surface area contributed by atoms with Crippen LogP contribution in [-0.2, 0) is 6.54 Å². The van der Waals surface area contributed by atoms with Gasteiger partial charge in [-0.05, 0) is 17.7 Å². The average Bonchev–Trinajstić information content (AvgIpc) is 2.74. The first-order valence-electron chi connectivity index (χ1n) is 8.69. The number of aromatic nitrogens is 3. The number of nitrogens with zero attached hydrogens (tertiary/aromatic N) is 4. The van der Waals surface area contributed by atoms with Gasteiger partial charge >= 0.3 is 6.03 Å². The summed E-state index contributed by atoms with van der Waals surface area (Å²) in [4.78, 5) is 25.8. The van der Waals surface area contributed by atoms with Crippen LogP contribution in [-0.4, -0.2) is 25.3 Å². The summed E-state index contributed by atoms with van der Waals surface area (Å²) in [7, 11) is 0. The second-order valence-corrected chi connectivity index (χ2v) is 6.62. The van der Waals surface area contributed by atoms with Crippen molar-refractivity contribution in [3.8, 4) is 11.3 Å². The van der Waals surface area contributed by atoms with Crippen LogP contribution in [0.1, 0.15) is 5.56 Å². The Morgan fingerprint density at radius 1 is 0.929 bits per heavy atom. The van der Waals surface area contributed by atoms with E-state index in [4.69, 9.17) is 0 Å². The molecule has 0 saturated heterocycles. The first-order chi connectivity index (χ1) is 13.7. The number of fused-ring (bicyclic) bond motifs is 1. The molecule has 0 aliphatic carbocycles. The molecule has 0 atom stereocenters. The second kappa shape index (κ2) is 8.06. The van der Waals surface area contributed by atoms with Gasteiger partial charge in [0.15, 0.2) is 5.65 Å². The number of nitrogens with one attached hydrogen (secondary N) is 1. The lowest BCUT2D eigenvalue weighted by atomic mass is 10.2. The van der Waals surface area contributed by atoms with E-state index in [-0.39, 0.29) is 6.03 Å². The largest absolute Gasteiger partial charge is 0.333 e. The van der Waals surface area contributed by atoms with Crippen molar-refractivity contribution in [2.24, 2.45) is 0 Å². The number of pyridine rings is 1. The fourth-order valence-corrected chi connectivity index (χ4v) is 2.93. The van der Waals surface area contributed by atoms with E-state index in [1.807, 2.05) is 60.7 Å². The summed E-state index contributed by atoms with van der Waals surface area (Å²) >= 11 is 4.27. The third-order valence-corrected chi connectivity index (χ3v) is 4.44. The molecule has 0 unspecified atom stereocenters. The lowest BCUT2D eigenvalue weighted by Crippen LogP contribution is -2.27. The van der Waals surface area contributed by atoms with Crippen LogP contribution in [0, 0.1) is 0 Å². The fraction of sp³-hybridized carbons (Fsp3) is 0.0476. The van der Waals surface area contributed by atoms with Gasteiger partial charge in [-0.3, -0.25) is 14.6 Å². The molecule has 4 aromatic rings. The SMILES string of the molecule is O=C(Nc1ccc2ncc(-c3ccccc3)nc2n1)N(S)Cc1ccccc1. The van der Waals surface area contributed by atoms with Crippen LogP contribution < -0.4 is 5.32 Å². The van der Waals surface area contributed by atoms with Crippen molar-refractivity contribution in [3.05, 3.63) is 84.6 Å². The van der Waals surface area contributed by atoms with Gasteiger partial charge in [-0.15, -0.1) is 0 Å². The minimum Gasteiger partial charge on any atom is -0.291 e. The van der Waals surface area contributed by atoms with E-state index in [1.165, 1.54) is 4.31 Å². The number of carbonyl (C=O) groups is 1. The van der Waals surface area contributed by atoms with E-state index in [9.17, 15) is 4.79 Å². The number of anilines is 1. The third-order valence-electron chi connectivity index (χ3n) is 4.12. The Balaban J connectivity index is 1.53. The number of amides is 2. The lowest BCUT2D eigenvalue weighted by molar-refractivity contribution is 0.238. The number of hydrogen-bond donors (Lipinski definition) is 2. The van der Waals surface area contributed by atoms with E-state index >= 15 is 0 Å². The first-order valence-corrected chi connectivity index (χ1v) is 9.09. The van der Waals surface area contributed by atoms with Crippen LogP contribution in [0.2, 0.25) is 0 Å². The lowest BCUT2D eigenvalue weighted by Gasteiger charge is -2.16. The Labute approximate surface area is 167 Å². The summed E-state index contributed by atoms with van der Waals surface area (Å²) < 4.78 is 1.30. The Bertz CT molecular complexity index is 1110. The molecule has 0 radical (unpaired) electrons. The van der Waals surface area contributed by atoms with Gasteiger partial charge in [0.1, 0.15) is 11.3 Å². The highest BCUT2D eigenvalue weighted by Crippen LogP contribution is 2.19. The molecular weight excluding hydrogens is 370 g/mol. The van der Waals surface area contributed by atoms with E-state index in [0.29, 0.717) is 23.5 Å². The molecule has 28 heavy (non-hydrogen) atoms. The minimum atomic E-state index is -0.369. The standard InChI is InChI=1S/C21H17N5OS/c27-21(26(28)14-15-7-3-1-4-8-15)25-19-12-11-17-20(24-19)23-18(13-22-17)16-9-5-2-6-10-16/h1-13,28H,14H2,(H,23,24,25,27). The van der Waals surface area contributed by atoms with E-state index in [2.05, 4.69) is 33.1 Å². The molecule has 0 fully saturated rings. The Morgan fingerprint density at radius 3 is 2.39 bits per heavy atom. The molecule has 7 heteroatoms. The van der Waals surface area contributed by atoms with Gasteiger partial charge < -0.3 is 0 Å². The summed E-state index contributed by atoms with van der Waals surface area (Å²) in [5.41, 5.74) is 3.79. The van der Waals surface area contributed by atoms with Crippen molar-refractivity contribution in [3.63, 3.8) is 0 Å².